The summed E-state index contributed by atoms with van der Waals surface area (Å²) in [4.78, 5) is 0. The summed E-state index contributed by atoms with van der Waals surface area (Å²) < 4.78 is 26.2. The number of hydrogen-bond donors (Lipinski definition) is 0. The Bertz CT molecular complexity index is 526. The number of halogens is 3. The van der Waals surface area contributed by atoms with Gasteiger partial charge in [-0.1, -0.05) is 36.4 Å². The molecule has 19 heavy (non-hydrogen) atoms. The molecule has 0 N–H and O–H groups in total. The molecule has 1 atom stereocenters. The standard InChI is InChI=1S/C16H15ClF2/c17-15(12-5-2-1-3-6-12)8-4-7-13-9-10-14(18)11-16(13)19/h1-3,5-6,9-11,15H,4,7-8H2. The zero-order chi connectivity index (χ0) is 13.7. The summed E-state index contributed by atoms with van der Waals surface area (Å²) in [6, 6.07) is 13.5. The average Bonchev–Trinajstić information content (AvgIpc) is 2.42. The van der Waals surface area contributed by atoms with Gasteiger partial charge in [-0.25, -0.2) is 8.78 Å². The van der Waals surface area contributed by atoms with Gasteiger partial charge in [0.05, 0.1) is 5.38 Å². The van der Waals surface area contributed by atoms with Gasteiger partial charge in [0.15, 0.2) is 0 Å². The molecule has 2 rings (SSSR count). The lowest BCUT2D eigenvalue weighted by Gasteiger charge is -2.09. The summed E-state index contributed by atoms with van der Waals surface area (Å²) in [6.45, 7) is 0. The maximum atomic E-state index is 13.4. The van der Waals surface area contributed by atoms with E-state index in [0.29, 0.717) is 12.0 Å². The monoisotopic (exact) mass is 280 g/mol. The fourth-order valence-electron chi connectivity index (χ4n) is 2.02. The summed E-state index contributed by atoms with van der Waals surface area (Å²) in [7, 11) is 0. The minimum atomic E-state index is -0.541. The van der Waals surface area contributed by atoms with Crippen LogP contribution in [0, 0.1) is 11.6 Å². The van der Waals surface area contributed by atoms with Crippen LogP contribution in [0.4, 0.5) is 8.78 Å². The maximum Gasteiger partial charge on any atom is 0.129 e. The van der Waals surface area contributed by atoms with Crippen LogP contribution in [0.1, 0.15) is 29.3 Å². The molecule has 0 amide bonds. The van der Waals surface area contributed by atoms with E-state index in [1.165, 1.54) is 12.1 Å². The van der Waals surface area contributed by atoms with Crippen molar-refractivity contribution in [1.29, 1.82) is 0 Å². The summed E-state index contributed by atoms with van der Waals surface area (Å²) >= 11 is 6.28. The summed E-state index contributed by atoms with van der Waals surface area (Å²) in [5.41, 5.74) is 1.61. The van der Waals surface area contributed by atoms with Gasteiger partial charge in [-0.05, 0) is 36.5 Å². The Labute approximate surface area is 117 Å². The van der Waals surface area contributed by atoms with Crippen LogP contribution in [-0.4, -0.2) is 0 Å². The van der Waals surface area contributed by atoms with E-state index in [-0.39, 0.29) is 5.38 Å². The zero-order valence-corrected chi connectivity index (χ0v) is 11.2. The van der Waals surface area contributed by atoms with Crippen molar-refractivity contribution < 1.29 is 8.78 Å². The smallest absolute Gasteiger partial charge is 0.129 e. The second-order valence-electron chi connectivity index (χ2n) is 4.51. The van der Waals surface area contributed by atoms with Crippen LogP contribution in [0.15, 0.2) is 48.5 Å². The zero-order valence-electron chi connectivity index (χ0n) is 10.5. The van der Waals surface area contributed by atoms with E-state index in [2.05, 4.69) is 0 Å². The van der Waals surface area contributed by atoms with Crippen molar-refractivity contribution in [3.63, 3.8) is 0 Å². The summed E-state index contributed by atoms with van der Waals surface area (Å²) in [6.07, 6.45) is 2.11. The molecule has 0 saturated carbocycles. The number of alkyl halides is 1. The molecule has 0 aliphatic heterocycles. The minimum Gasteiger partial charge on any atom is -0.207 e. The van der Waals surface area contributed by atoms with Crippen LogP contribution in [0.2, 0.25) is 0 Å². The molecule has 0 aliphatic carbocycles. The Balaban J connectivity index is 1.86. The van der Waals surface area contributed by atoms with Crippen LogP contribution >= 0.6 is 11.6 Å². The van der Waals surface area contributed by atoms with E-state index >= 15 is 0 Å². The minimum absolute atomic E-state index is 0.0651. The van der Waals surface area contributed by atoms with Gasteiger partial charge in [0.25, 0.3) is 0 Å². The van der Waals surface area contributed by atoms with Crippen molar-refractivity contribution in [2.45, 2.75) is 24.6 Å². The third kappa shape index (κ3) is 4.03. The Morgan fingerprint density at radius 3 is 2.42 bits per heavy atom. The van der Waals surface area contributed by atoms with E-state index in [4.69, 9.17) is 11.6 Å². The highest BCUT2D eigenvalue weighted by molar-refractivity contribution is 6.20. The number of benzene rings is 2. The summed E-state index contributed by atoms with van der Waals surface area (Å²) in [5.74, 6) is -1.02. The molecule has 0 heterocycles. The number of aryl methyl sites for hydroxylation is 1. The van der Waals surface area contributed by atoms with E-state index in [0.717, 1.165) is 24.5 Å². The third-order valence-corrected chi connectivity index (χ3v) is 3.55. The predicted molar refractivity (Wildman–Crippen MR) is 74.3 cm³/mol. The molecule has 0 aliphatic rings. The molecule has 0 bridgehead atoms. The predicted octanol–water partition coefficient (Wildman–Crippen LogP) is 5.27. The molecule has 0 nitrogen and oxygen atoms in total. The highest BCUT2D eigenvalue weighted by atomic mass is 35.5. The number of hydrogen-bond acceptors (Lipinski definition) is 0. The molecule has 0 spiro atoms. The Hall–Kier alpha value is -1.41. The molecule has 0 aromatic heterocycles. The molecule has 3 heteroatoms. The molecule has 1 unspecified atom stereocenters. The highest BCUT2D eigenvalue weighted by Crippen LogP contribution is 2.26. The maximum absolute atomic E-state index is 13.4. The SMILES string of the molecule is Fc1ccc(CCCC(Cl)c2ccccc2)c(F)c1. The van der Waals surface area contributed by atoms with E-state index < -0.39 is 11.6 Å². The molecule has 0 fully saturated rings. The van der Waals surface area contributed by atoms with Crippen molar-refractivity contribution in [2.24, 2.45) is 0 Å². The first-order valence-corrected chi connectivity index (χ1v) is 6.73. The normalized spacial score (nSPS) is 12.4. The first-order chi connectivity index (χ1) is 9.16. The van der Waals surface area contributed by atoms with Crippen LogP contribution in [0.5, 0.6) is 0 Å². The number of rotatable bonds is 5. The van der Waals surface area contributed by atoms with Crippen molar-refractivity contribution in [3.05, 3.63) is 71.3 Å². The Kier molecular flexibility index (Phi) is 4.92. The molecular formula is C16H15ClF2. The van der Waals surface area contributed by atoms with Crippen molar-refractivity contribution >= 4 is 11.6 Å². The Morgan fingerprint density at radius 2 is 1.74 bits per heavy atom. The third-order valence-electron chi connectivity index (χ3n) is 3.08. The molecule has 0 radical (unpaired) electrons. The van der Waals surface area contributed by atoms with Gasteiger partial charge < -0.3 is 0 Å². The lowest BCUT2D eigenvalue weighted by Crippen LogP contribution is -1.95. The van der Waals surface area contributed by atoms with Crippen molar-refractivity contribution in [2.75, 3.05) is 0 Å². The largest absolute Gasteiger partial charge is 0.207 e. The molecule has 2 aromatic rings. The van der Waals surface area contributed by atoms with Crippen LogP contribution in [-0.2, 0) is 6.42 Å². The lowest BCUT2D eigenvalue weighted by molar-refractivity contribution is 0.566. The van der Waals surface area contributed by atoms with Crippen LogP contribution in [0.3, 0.4) is 0 Å². The average molecular weight is 281 g/mol. The van der Waals surface area contributed by atoms with Gasteiger partial charge in [0.2, 0.25) is 0 Å². The van der Waals surface area contributed by atoms with Crippen LogP contribution < -0.4 is 0 Å². The van der Waals surface area contributed by atoms with Gasteiger partial charge in [0.1, 0.15) is 11.6 Å². The quantitative estimate of drug-likeness (QED) is 0.655. The van der Waals surface area contributed by atoms with Crippen molar-refractivity contribution in [1.82, 2.24) is 0 Å². The highest BCUT2D eigenvalue weighted by Gasteiger charge is 2.08. The molecule has 0 saturated heterocycles. The van der Waals surface area contributed by atoms with Crippen LogP contribution in [0.25, 0.3) is 0 Å². The second-order valence-corrected chi connectivity index (χ2v) is 5.03. The first kappa shape index (κ1) is 14.0. The van der Waals surface area contributed by atoms with Gasteiger partial charge >= 0.3 is 0 Å². The Morgan fingerprint density at radius 1 is 1.00 bits per heavy atom. The molecule has 100 valence electrons. The van der Waals surface area contributed by atoms with Crippen molar-refractivity contribution in [3.8, 4) is 0 Å². The fourth-order valence-corrected chi connectivity index (χ4v) is 2.32. The van der Waals surface area contributed by atoms with Gasteiger partial charge in [-0.3, -0.25) is 0 Å². The van der Waals surface area contributed by atoms with E-state index in [1.54, 1.807) is 0 Å². The molecular weight excluding hydrogens is 266 g/mol. The molecule has 2 aromatic carbocycles. The van der Waals surface area contributed by atoms with Gasteiger partial charge in [-0.15, -0.1) is 11.6 Å². The summed E-state index contributed by atoms with van der Waals surface area (Å²) in [5, 5.41) is -0.0651. The lowest BCUT2D eigenvalue weighted by atomic mass is 10.0. The topological polar surface area (TPSA) is 0 Å². The van der Waals surface area contributed by atoms with Gasteiger partial charge in [-0.2, -0.15) is 0 Å². The van der Waals surface area contributed by atoms with Gasteiger partial charge in [0, 0.05) is 6.07 Å². The first-order valence-electron chi connectivity index (χ1n) is 6.30. The van der Waals surface area contributed by atoms with E-state index in [1.807, 2.05) is 30.3 Å². The van der Waals surface area contributed by atoms with E-state index in [9.17, 15) is 8.78 Å². The fraction of sp³-hybridized carbons (Fsp3) is 0.250. The second kappa shape index (κ2) is 6.67.